The van der Waals surface area contributed by atoms with Gasteiger partial charge in [-0.25, -0.2) is 0 Å². The monoisotopic (exact) mass is 314 g/mol. The second-order valence-corrected chi connectivity index (χ2v) is 3.57. The van der Waals surface area contributed by atoms with E-state index in [2.05, 4.69) is 25.7 Å². The van der Waals surface area contributed by atoms with Crippen molar-refractivity contribution in [3.05, 3.63) is 27.4 Å². The lowest BCUT2D eigenvalue weighted by Gasteiger charge is -2.11. The highest BCUT2D eigenvalue weighted by atomic mass is 79.9. The van der Waals surface area contributed by atoms with E-state index in [0.29, 0.717) is 0 Å². The van der Waals surface area contributed by atoms with Gasteiger partial charge in [-0.3, -0.25) is 0 Å². The van der Waals surface area contributed by atoms with Gasteiger partial charge >= 0.3 is 12.2 Å². The molecular weight excluding hydrogens is 309 g/mol. The number of hydrogen-bond donors (Lipinski definition) is 0. The summed E-state index contributed by atoms with van der Waals surface area (Å²) < 4.78 is 40.0. The third-order valence-electron chi connectivity index (χ3n) is 1.69. The van der Waals surface area contributed by atoms with Crippen molar-refractivity contribution in [1.29, 1.82) is 0 Å². The highest BCUT2D eigenvalue weighted by molar-refractivity contribution is 9.08. The van der Waals surface area contributed by atoms with Crippen LogP contribution in [0.4, 0.5) is 19.0 Å². The van der Waals surface area contributed by atoms with Crippen molar-refractivity contribution in [3.63, 3.8) is 0 Å². The number of pyridine rings is 1. The van der Waals surface area contributed by atoms with Crippen molar-refractivity contribution in [1.82, 2.24) is 4.98 Å². The van der Waals surface area contributed by atoms with Gasteiger partial charge in [-0.15, -0.1) is 13.2 Å². The Bertz CT molecular complexity index is 450. The smallest absolute Gasteiger partial charge is 0.396 e. The van der Waals surface area contributed by atoms with E-state index in [1.807, 2.05) is 0 Å². The third kappa shape index (κ3) is 3.55. The highest BCUT2D eigenvalue weighted by Gasteiger charge is 2.36. The lowest BCUT2D eigenvalue weighted by molar-refractivity contribution is -0.393. The molecule has 1 heterocycles. The van der Waals surface area contributed by atoms with Gasteiger partial charge in [0.1, 0.15) is 0 Å². The molecule has 1 rings (SSSR count). The van der Waals surface area contributed by atoms with E-state index in [0.717, 1.165) is 0 Å². The summed E-state index contributed by atoms with van der Waals surface area (Å²) in [7, 11) is 0. The van der Waals surface area contributed by atoms with Crippen molar-refractivity contribution in [2.45, 2.75) is 18.6 Å². The second-order valence-electron chi connectivity index (χ2n) is 3.01. The number of aromatic nitrogens is 1. The summed E-state index contributed by atoms with van der Waals surface area (Å²) in [5.41, 5.74) is 0.252. The van der Waals surface area contributed by atoms with Gasteiger partial charge in [0.2, 0.25) is 5.75 Å². The van der Waals surface area contributed by atoms with Crippen LogP contribution in [0.5, 0.6) is 5.75 Å². The molecule has 0 unspecified atom stereocenters. The maximum absolute atomic E-state index is 12.1. The molecule has 0 bridgehead atoms. The Labute approximate surface area is 102 Å². The van der Waals surface area contributed by atoms with Crippen molar-refractivity contribution in [2.24, 2.45) is 0 Å². The number of aryl methyl sites for hydroxylation is 1. The van der Waals surface area contributed by atoms with Crippen LogP contribution in [0, 0.1) is 17.0 Å². The van der Waals surface area contributed by atoms with E-state index >= 15 is 0 Å². The molecule has 0 aliphatic heterocycles. The standard InChI is InChI=1S/C8H6BrF3N2O3/c1-4-2-5(3-9)6(17-8(10,11)12)7(13-4)14(15)16/h2H,3H2,1H3. The average molecular weight is 315 g/mol. The van der Waals surface area contributed by atoms with E-state index in [9.17, 15) is 23.3 Å². The molecule has 0 saturated heterocycles. The number of nitro groups is 1. The number of rotatable bonds is 3. The number of nitrogens with zero attached hydrogens (tertiary/aromatic N) is 2. The summed E-state index contributed by atoms with van der Waals surface area (Å²) in [4.78, 5) is 13.0. The summed E-state index contributed by atoms with van der Waals surface area (Å²) >= 11 is 2.94. The van der Waals surface area contributed by atoms with E-state index in [4.69, 9.17) is 0 Å². The van der Waals surface area contributed by atoms with Crippen molar-refractivity contribution in [3.8, 4) is 5.75 Å². The minimum absolute atomic E-state index is 0.0113. The van der Waals surface area contributed by atoms with Crippen LogP contribution in [0.3, 0.4) is 0 Å². The molecule has 0 N–H and O–H groups in total. The Balaban J connectivity index is 3.37. The van der Waals surface area contributed by atoms with Crippen LogP contribution in [-0.4, -0.2) is 16.3 Å². The molecule has 0 aliphatic carbocycles. The van der Waals surface area contributed by atoms with Crippen LogP contribution in [0.2, 0.25) is 0 Å². The van der Waals surface area contributed by atoms with Gasteiger partial charge in [-0.1, -0.05) is 15.9 Å². The van der Waals surface area contributed by atoms with E-state index in [1.165, 1.54) is 13.0 Å². The molecular formula is C8H6BrF3N2O3. The molecule has 1 aromatic rings. The third-order valence-corrected chi connectivity index (χ3v) is 2.30. The first-order valence-electron chi connectivity index (χ1n) is 4.21. The molecule has 0 atom stereocenters. The fourth-order valence-corrected chi connectivity index (χ4v) is 1.58. The molecule has 5 nitrogen and oxygen atoms in total. The maximum atomic E-state index is 12.1. The molecule has 0 aromatic carbocycles. The Hall–Kier alpha value is -1.38. The molecule has 94 valence electrons. The maximum Gasteiger partial charge on any atom is 0.573 e. The fraction of sp³-hybridized carbons (Fsp3) is 0.375. The predicted octanol–water partition coefficient (Wildman–Crippen LogP) is 3.09. The largest absolute Gasteiger partial charge is 0.573 e. The molecule has 9 heteroatoms. The topological polar surface area (TPSA) is 65.3 Å². The lowest BCUT2D eigenvalue weighted by atomic mass is 10.2. The summed E-state index contributed by atoms with van der Waals surface area (Å²) in [6.07, 6.45) is -5.00. The van der Waals surface area contributed by atoms with Crippen LogP contribution in [-0.2, 0) is 5.33 Å². The minimum Gasteiger partial charge on any atom is -0.396 e. The first kappa shape index (κ1) is 13.7. The number of hydrogen-bond acceptors (Lipinski definition) is 4. The normalized spacial score (nSPS) is 11.4. The lowest BCUT2D eigenvalue weighted by Crippen LogP contribution is -2.19. The summed E-state index contributed by atoms with van der Waals surface area (Å²) in [5.74, 6) is -1.83. The first-order chi connectivity index (χ1) is 7.74. The van der Waals surface area contributed by atoms with Crippen LogP contribution >= 0.6 is 15.9 Å². The molecule has 0 aliphatic rings. The molecule has 0 amide bonds. The molecule has 0 radical (unpaired) electrons. The Morgan fingerprint density at radius 3 is 2.59 bits per heavy atom. The Morgan fingerprint density at radius 2 is 2.18 bits per heavy atom. The van der Waals surface area contributed by atoms with Gasteiger partial charge in [0, 0.05) is 17.8 Å². The quantitative estimate of drug-likeness (QED) is 0.488. The Kier molecular flexibility index (Phi) is 3.91. The number of ether oxygens (including phenoxy) is 1. The SMILES string of the molecule is Cc1cc(CBr)c(OC(F)(F)F)c([N+](=O)[O-])n1. The summed E-state index contributed by atoms with van der Waals surface area (Å²) in [6.45, 7) is 1.44. The van der Waals surface area contributed by atoms with Crippen molar-refractivity contribution < 1.29 is 22.8 Å². The first-order valence-corrected chi connectivity index (χ1v) is 5.33. The van der Waals surface area contributed by atoms with Gasteiger partial charge in [0.05, 0.1) is 0 Å². The Morgan fingerprint density at radius 1 is 1.59 bits per heavy atom. The summed E-state index contributed by atoms with van der Waals surface area (Å²) in [6, 6.07) is 1.28. The summed E-state index contributed by atoms with van der Waals surface area (Å²) in [5, 5.41) is 10.6. The van der Waals surface area contributed by atoms with Crippen LogP contribution < -0.4 is 4.74 Å². The van der Waals surface area contributed by atoms with Crippen molar-refractivity contribution in [2.75, 3.05) is 0 Å². The fourth-order valence-electron chi connectivity index (χ4n) is 1.16. The van der Waals surface area contributed by atoms with E-state index < -0.39 is 22.9 Å². The van der Waals surface area contributed by atoms with Gasteiger partial charge in [0.25, 0.3) is 0 Å². The zero-order valence-corrected chi connectivity index (χ0v) is 10.0. The second kappa shape index (κ2) is 4.86. The zero-order chi connectivity index (χ0) is 13.2. The molecule has 0 fully saturated rings. The van der Waals surface area contributed by atoms with E-state index in [-0.39, 0.29) is 16.6 Å². The minimum atomic E-state index is -5.00. The van der Waals surface area contributed by atoms with Crippen LogP contribution in [0.15, 0.2) is 6.07 Å². The van der Waals surface area contributed by atoms with Crippen molar-refractivity contribution >= 4 is 21.7 Å². The van der Waals surface area contributed by atoms with Gasteiger partial charge in [0.15, 0.2) is 5.69 Å². The van der Waals surface area contributed by atoms with Gasteiger partial charge in [-0.05, 0) is 16.0 Å². The van der Waals surface area contributed by atoms with Gasteiger partial charge in [-0.2, -0.15) is 0 Å². The van der Waals surface area contributed by atoms with E-state index in [1.54, 1.807) is 0 Å². The zero-order valence-electron chi connectivity index (χ0n) is 8.42. The molecule has 0 saturated carbocycles. The predicted molar refractivity (Wildman–Crippen MR) is 54.9 cm³/mol. The van der Waals surface area contributed by atoms with Crippen LogP contribution in [0.1, 0.15) is 11.3 Å². The molecule has 0 spiro atoms. The average Bonchev–Trinajstić information content (AvgIpc) is 2.17. The molecule has 1 aromatic heterocycles. The number of halogens is 4. The van der Waals surface area contributed by atoms with Crippen LogP contribution in [0.25, 0.3) is 0 Å². The highest BCUT2D eigenvalue weighted by Crippen LogP contribution is 2.35. The number of alkyl halides is 4. The molecule has 17 heavy (non-hydrogen) atoms. The van der Waals surface area contributed by atoms with Gasteiger partial charge < -0.3 is 14.9 Å².